The van der Waals surface area contributed by atoms with Crippen molar-refractivity contribution in [1.29, 1.82) is 0 Å². The van der Waals surface area contributed by atoms with Crippen molar-refractivity contribution in [1.82, 2.24) is 0 Å². The zero-order valence-corrected chi connectivity index (χ0v) is 11.8. The van der Waals surface area contributed by atoms with Crippen LogP contribution in [0.2, 0.25) is 0 Å². The van der Waals surface area contributed by atoms with E-state index in [0.29, 0.717) is 5.56 Å². The highest BCUT2D eigenvalue weighted by atomic mass is 32.2. The number of thioether (sulfide) groups is 1. The number of carboxylic acids is 1. The molecule has 0 aromatic carbocycles. The average molecular weight is 294 g/mol. The number of aromatic carboxylic acids is 1. The molecule has 0 radical (unpaired) electrons. The highest BCUT2D eigenvalue weighted by Crippen LogP contribution is 2.51. The Labute approximate surface area is 117 Å². The molecule has 3 heterocycles. The molecule has 0 spiro atoms. The monoisotopic (exact) mass is 294 g/mol. The highest BCUT2D eigenvalue weighted by molar-refractivity contribution is 8.01. The number of thiophene rings is 2. The maximum atomic E-state index is 11.3. The van der Waals surface area contributed by atoms with E-state index in [1.54, 1.807) is 29.2 Å². The van der Waals surface area contributed by atoms with Crippen LogP contribution in [0.3, 0.4) is 0 Å². The number of carboxylic acid groups (broad SMARTS) is 1. The van der Waals surface area contributed by atoms with Crippen molar-refractivity contribution in [3.63, 3.8) is 0 Å². The third kappa shape index (κ3) is 1.74. The summed E-state index contributed by atoms with van der Waals surface area (Å²) in [5, 5.41) is 13.2. The topological polar surface area (TPSA) is 37.3 Å². The fraction of sp³-hybridized carbons (Fsp3) is 0.154. The van der Waals surface area contributed by atoms with Gasteiger partial charge in [-0.1, -0.05) is 18.2 Å². The molecule has 0 saturated heterocycles. The second-order valence-corrected chi connectivity index (χ2v) is 7.02. The van der Waals surface area contributed by atoms with E-state index in [9.17, 15) is 9.90 Å². The predicted octanol–water partition coefficient (Wildman–Crippen LogP) is 4.05. The molecule has 0 fully saturated rings. The van der Waals surface area contributed by atoms with Crippen molar-refractivity contribution in [2.24, 2.45) is 0 Å². The van der Waals surface area contributed by atoms with E-state index in [2.05, 4.69) is 18.2 Å². The Kier molecular flexibility index (Phi) is 3.05. The molecular weight excluding hydrogens is 284 g/mol. The van der Waals surface area contributed by atoms with Crippen LogP contribution in [0.25, 0.3) is 0 Å². The largest absolute Gasteiger partial charge is 0.478 e. The van der Waals surface area contributed by atoms with E-state index in [4.69, 9.17) is 0 Å². The van der Waals surface area contributed by atoms with Crippen LogP contribution in [0, 0.1) is 0 Å². The minimum absolute atomic E-state index is 0.296. The first-order valence-electron chi connectivity index (χ1n) is 5.41. The Hall–Kier alpha value is -1.04. The summed E-state index contributed by atoms with van der Waals surface area (Å²) in [5.41, 5.74) is 0.424. The summed E-state index contributed by atoms with van der Waals surface area (Å²) in [7, 11) is 0. The Morgan fingerprint density at radius 1 is 1.28 bits per heavy atom. The minimum atomic E-state index is -0.844. The van der Waals surface area contributed by atoms with E-state index in [1.165, 1.54) is 16.2 Å². The highest BCUT2D eigenvalue weighted by Gasteiger charge is 2.39. The minimum Gasteiger partial charge on any atom is -0.478 e. The van der Waals surface area contributed by atoms with Gasteiger partial charge in [-0.2, -0.15) is 0 Å². The molecule has 0 aliphatic carbocycles. The lowest BCUT2D eigenvalue weighted by atomic mass is 10.0. The van der Waals surface area contributed by atoms with Crippen LogP contribution in [-0.4, -0.2) is 16.8 Å². The summed E-state index contributed by atoms with van der Waals surface area (Å²) in [6.07, 6.45) is 4.26. The molecular formula is C13H10O2S3. The fourth-order valence-corrected chi connectivity index (χ4v) is 5.69. The summed E-state index contributed by atoms with van der Waals surface area (Å²) in [6.45, 7) is 0. The van der Waals surface area contributed by atoms with Crippen molar-refractivity contribution in [2.45, 2.75) is 4.75 Å². The number of rotatable bonds is 3. The molecule has 5 heteroatoms. The zero-order chi connectivity index (χ0) is 12.6. The lowest BCUT2D eigenvalue weighted by Crippen LogP contribution is -2.19. The molecule has 1 atom stereocenters. The van der Waals surface area contributed by atoms with Gasteiger partial charge in [0, 0.05) is 15.5 Å². The van der Waals surface area contributed by atoms with Crippen LogP contribution < -0.4 is 0 Å². The molecule has 3 rings (SSSR count). The van der Waals surface area contributed by atoms with Crippen LogP contribution >= 0.6 is 34.4 Å². The van der Waals surface area contributed by atoms with Gasteiger partial charge in [-0.3, -0.25) is 0 Å². The van der Waals surface area contributed by atoms with Crippen molar-refractivity contribution in [3.8, 4) is 0 Å². The molecule has 1 aliphatic rings. The van der Waals surface area contributed by atoms with E-state index in [1.807, 2.05) is 16.8 Å². The molecule has 2 nitrogen and oxygen atoms in total. The van der Waals surface area contributed by atoms with E-state index < -0.39 is 5.97 Å². The Bertz CT molecular complexity index is 598. The molecule has 2 aromatic rings. The molecule has 1 N–H and O–H groups in total. The van der Waals surface area contributed by atoms with Crippen LogP contribution in [0.1, 0.15) is 20.1 Å². The lowest BCUT2D eigenvalue weighted by molar-refractivity contribution is 0.0696. The number of hydrogen-bond acceptors (Lipinski definition) is 4. The maximum Gasteiger partial charge on any atom is 0.336 e. The number of hydrogen-bond donors (Lipinski definition) is 1. The second-order valence-electron chi connectivity index (χ2n) is 3.89. The average Bonchev–Trinajstić information content (AvgIpc) is 3.11. The van der Waals surface area contributed by atoms with Gasteiger partial charge in [0.1, 0.15) is 4.75 Å². The van der Waals surface area contributed by atoms with Crippen LogP contribution in [0.15, 0.2) is 41.1 Å². The van der Waals surface area contributed by atoms with Gasteiger partial charge in [-0.15, -0.1) is 34.4 Å². The Morgan fingerprint density at radius 3 is 2.78 bits per heavy atom. The normalized spacial score (nSPS) is 22.4. The molecule has 2 aromatic heterocycles. The van der Waals surface area contributed by atoms with Crippen molar-refractivity contribution in [3.05, 3.63) is 56.4 Å². The van der Waals surface area contributed by atoms with Gasteiger partial charge in [-0.25, -0.2) is 4.79 Å². The van der Waals surface area contributed by atoms with Crippen LogP contribution in [0.5, 0.6) is 0 Å². The predicted molar refractivity (Wildman–Crippen MR) is 78.0 cm³/mol. The summed E-state index contributed by atoms with van der Waals surface area (Å²) >= 11 is 4.99. The fourth-order valence-electron chi connectivity index (χ4n) is 2.10. The van der Waals surface area contributed by atoms with Gasteiger partial charge in [-0.05, 0) is 22.9 Å². The third-order valence-electron chi connectivity index (χ3n) is 2.88. The van der Waals surface area contributed by atoms with Gasteiger partial charge < -0.3 is 5.11 Å². The quantitative estimate of drug-likeness (QED) is 0.868. The summed E-state index contributed by atoms with van der Waals surface area (Å²) in [5.74, 6) is 0.0811. The Balaban J connectivity index is 2.19. The van der Waals surface area contributed by atoms with Crippen molar-refractivity contribution in [2.75, 3.05) is 5.75 Å². The first kappa shape index (κ1) is 12.0. The first-order chi connectivity index (χ1) is 8.74. The van der Waals surface area contributed by atoms with Crippen LogP contribution in [0.4, 0.5) is 0 Å². The van der Waals surface area contributed by atoms with Gasteiger partial charge in [0.15, 0.2) is 0 Å². The van der Waals surface area contributed by atoms with E-state index >= 15 is 0 Å². The first-order valence-corrected chi connectivity index (χ1v) is 8.15. The molecule has 92 valence electrons. The van der Waals surface area contributed by atoms with Gasteiger partial charge in [0.05, 0.1) is 5.56 Å². The molecule has 0 bridgehead atoms. The summed E-state index contributed by atoms with van der Waals surface area (Å²) < 4.78 is -0.296. The second kappa shape index (κ2) is 4.57. The lowest BCUT2D eigenvalue weighted by Gasteiger charge is -2.25. The van der Waals surface area contributed by atoms with Crippen LogP contribution in [-0.2, 0) is 4.75 Å². The molecule has 1 aliphatic heterocycles. The third-order valence-corrected chi connectivity index (χ3v) is 6.57. The standard InChI is InChI=1S/C13H10O2S3/c14-12(15)9-4-8-17-11(9)13(5-2-7-18-13)10-3-1-6-16-10/h1-6,8H,7H2,(H,14,15). The van der Waals surface area contributed by atoms with E-state index in [-0.39, 0.29) is 4.75 Å². The molecule has 0 saturated carbocycles. The molecule has 0 amide bonds. The summed E-state index contributed by atoms with van der Waals surface area (Å²) in [4.78, 5) is 13.5. The molecule has 18 heavy (non-hydrogen) atoms. The SMILES string of the molecule is O=C(O)c1ccsc1C1(c2cccs2)C=CCS1. The molecule has 1 unspecified atom stereocenters. The van der Waals surface area contributed by atoms with Gasteiger partial charge >= 0.3 is 5.97 Å². The number of carbonyl (C=O) groups is 1. The van der Waals surface area contributed by atoms with Gasteiger partial charge in [0.25, 0.3) is 0 Å². The van der Waals surface area contributed by atoms with Gasteiger partial charge in [0.2, 0.25) is 0 Å². The zero-order valence-electron chi connectivity index (χ0n) is 9.33. The van der Waals surface area contributed by atoms with Crippen molar-refractivity contribution >= 4 is 40.4 Å². The van der Waals surface area contributed by atoms with Crippen molar-refractivity contribution < 1.29 is 9.90 Å². The summed E-state index contributed by atoms with van der Waals surface area (Å²) in [6, 6.07) is 5.80. The van der Waals surface area contributed by atoms with E-state index in [0.717, 1.165) is 10.6 Å². The maximum absolute atomic E-state index is 11.3. The Morgan fingerprint density at radius 2 is 2.17 bits per heavy atom. The smallest absolute Gasteiger partial charge is 0.336 e.